The summed E-state index contributed by atoms with van der Waals surface area (Å²) in [6.45, 7) is 7.72. The summed E-state index contributed by atoms with van der Waals surface area (Å²) in [6.07, 6.45) is 5.49. The number of rotatable bonds is 6. The minimum Gasteiger partial charge on any atom is -0.481 e. The average Bonchev–Trinajstić information content (AvgIpc) is 3.09. The molecule has 1 amide bonds. The third kappa shape index (κ3) is 4.86. The average molecular weight is 371 g/mol. The molecule has 3 heterocycles. The molecule has 7 nitrogen and oxygen atoms in total. The number of nitrogens with one attached hydrogen (secondary N) is 1. The van der Waals surface area contributed by atoms with E-state index in [1.165, 1.54) is 11.1 Å². The van der Waals surface area contributed by atoms with Gasteiger partial charge in [0, 0.05) is 37.6 Å². The van der Waals surface area contributed by atoms with Gasteiger partial charge in [-0.15, -0.1) is 0 Å². The molecule has 1 N–H and O–H groups in total. The fourth-order valence-electron chi connectivity index (χ4n) is 3.64. The third-order valence-corrected chi connectivity index (χ3v) is 5.24. The van der Waals surface area contributed by atoms with Crippen LogP contribution in [0.3, 0.4) is 0 Å². The molecule has 1 saturated heterocycles. The Morgan fingerprint density at radius 1 is 1.33 bits per heavy atom. The highest BCUT2D eigenvalue weighted by Gasteiger charge is 2.22. The van der Waals surface area contributed by atoms with Gasteiger partial charge in [0.2, 0.25) is 5.88 Å². The van der Waals surface area contributed by atoms with Gasteiger partial charge in [0.25, 0.3) is 5.91 Å². The van der Waals surface area contributed by atoms with Gasteiger partial charge in [-0.1, -0.05) is 0 Å². The van der Waals surface area contributed by atoms with Gasteiger partial charge in [0.05, 0.1) is 18.9 Å². The maximum Gasteiger partial charge on any atom is 0.254 e. The summed E-state index contributed by atoms with van der Waals surface area (Å²) in [7, 11) is 3.49. The second kappa shape index (κ2) is 8.52. The Morgan fingerprint density at radius 2 is 2.07 bits per heavy atom. The highest BCUT2D eigenvalue weighted by atomic mass is 16.5. The zero-order valence-electron chi connectivity index (χ0n) is 16.7. The molecule has 0 spiro atoms. The van der Waals surface area contributed by atoms with E-state index in [0.29, 0.717) is 11.5 Å². The van der Waals surface area contributed by atoms with Crippen molar-refractivity contribution in [1.29, 1.82) is 0 Å². The Hall–Kier alpha value is -2.41. The number of carbonyl (C=O) groups is 1. The number of methoxy groups -OCH3 is 1. The maximum atomic E-state index is 12.1. The smallest absolute Gasteiger partial charge is 0.254 e. The van der Waals surface area contributed by atoms with Gasteiger partial charge < -0.3 is 10.1 Å². The molecule has 1 aliphatic rings. The number of aromatic nitrogens is 3. The van der Waals surface area contributed by atoms with Crippen LogP contribution < -0.4 is 10.1 Å². The Bertz CT molecular complexity index is 794. The standard InChI is InChI=1S/C20H29N5O2/c1-14-9-15(2)23-20(27-4)18(14)13-25-7-5-16(6-8-25)10-21-19(26)17-11-22-24(3)12-17/h9,11-12,16H,5-8,10,13H2,1-4H3,(H,21,26). The predicted octanol–water partition coefficient (Wildman–Crippen LogP) is 2.08. The first-order valence-corrected chi connectivity index (χ1v) is 9.46. The van der Waals surface area contributed by atoms with E-state index in [1.807, 2.05) is 14.0 Å². The zero-order chi connectivity index (χ0) is 19.4. The number of likely N-dealkylation sites (tertiary alicyclic amines) is 1. The van der Waals surface area contributed by atoms with Gasteiger partial charge in [0.1, 0.15) is 0 Å². The molecule has 7 heteroatoms. The molecule has 1 fully saturated rings. The third-order valence-electron chi connectivity index (χ3n) is 5.24. The van der Waals surface area contributed by atoms with E-state index in [1.54, 1.807) is 24.2 Å². The molecule has 0 radical (unpaired) electrons. The summed E-state index contributed by atoms with van der Waals surface area (Å²) in [5.74, 6) is 1.20. The lowest BCUT2D eigenvalue weighted by molar-refractivity contribution is 0.0935. The first kappa shape index (κ1) is 19.4. The lowest BCUT2D eigenvalue weighted by Gasteiger charge is -2.32. The van der Waals surface area contributed by atoms with Crippen LogP contribution in [0.25, 0.3) is 0 Å². The molecule has 0 bridgehead atoms. The van der Waals surface area contributed by atoms with E-state index in [0.717, 1.165) is 50.6 Å². The molecular weight excluding hydrogens is 342 g/mol. The minimum atomic E-state index is -0.0448. The second-order valence-corrected chi connectivity index (χ2v) is 7.40. The first-order chi connectivity index (χ1) is 13.0. The quantitative estimate of drug-likeness (QED) is 0.842. The van der Waals surface area contributed by atoms with Crippen molar-refractivity contribution in [3.63, 3.8) is 0 Å². The van der Waals surface area contributed by atoms with Crippen molar-refractivity contribution >= 4 is 5.91 Å². The van der Waals surface area contributed by atoms with Crippen LogP contribution >= 0.6 is 0 Å². The fourth-order valence-corrected chi connectivity index (χ4v) is 3.64. The van der Waals surface area contributed by atoms with Gasteiger partial charge >= 0.3 is 0 Å². The molecule has 0 aromatic carbocycles. The molecule has 2 aromatic heterocycles. The molecule has 0 aliphatic carbocycles. The molecule has 27 heavy (non-hydrogen) atoms. The van der Waals surface area contributed by atoms with Crippen molar-refractivity contribution in [3.8, 4) is 5.88 Å². The van der Waals surface area contributed by atoms with Crippen LogP contribution in [0.1, 0.15) is 40.0 Å². The Morgan fingerprint density at radius 3 is 2.70 bits per heavy atom. The number of carbonyl (C=O) groups excluding carboxylic acids is 1. The molecular formula is C20H29N5O2. The summed E-state index contributed by atoms with van der Waals surface area (Å²) in [6, 6.07) is 2.11. The summed E-state index contributed by atoms with van der Waals surface area (Å²) in [4.78, 5) is 19.1. The summed E-state index contributed by atoms with van der Waals surface area (Å²) < 4.78 is 7.13. The number of piperidine rings is 1. The van der Waals surface area contributed by atoms with Crippen LogP contribution in [-0.4, -0.2) is 52.3 Å². The van der Waals surface area contributed by atoms with Gasteiger partial charge in [-0.3, -0.25) is 14.4 Å². The maximum absolute atomic E-state index is 12.1. The number of aryl methyl sites for hydroxylation is 3. The minimum absolute atomic E-state index is 0.0448. The number of nitrogens with zero attached hydrogens (tertiary/aromatic N) is 4. The van der Waals surface area contributed by atoms with Crippen molar-refractivity contribution in [1.82, 2.24) is 25.0 Å². The van der Waals surface area contributed by atoms with Gasteiger partial charge in [-0.2, -0.15) is 5.10 Å². The Labute approximate surface area is 160 Å². The van der Waals surface area contributed by atoms with Crippen LogP contribution in [0.5, 0.6) is 5.88 Å². The number of pyridine rings is 1. The summed E-state index contributed by atoms with van der Waals surface area (Å²) in [5, 5.41) is 7.08. The largest absolute Gasteiger partial charge is 0.481 e. The van der Waals surface area contributed by atoms with E-state index >= 15 is 0 Å². The van der Waals surface area contributed by atoms with Crippen molar-refractivity contribution < 1.29 is 9.53 Å². The Balaban J connectivity index is 1.49. The SMILES string of the molecule is COc1nc(C)cc(C)c1CN1CCC(CNC(=O)c2cnn(C)c2)CC1. The Kier molecular flexibility index (Phi) is 6.11. The van der Waals surface area contributed by atoms with E-state index < -0.39 is 0 Å². The topological polar surface area (TPSA) is 72.3 Å². The first-order valence-electron chi connectivity index (χ1n) is 9.46. The molecule has 0 unspecified atom stereocenters. The second-order valence-electron chi connectivity index (χ2n) is 7.40. The molecule has 3 rings (SSSR count). The molecule has 0 saturated carbocycles. The fraction of sp³-hybridized carbons (Fsp3) is 0.550. The lowest BCUT2D eigenvalue weighted by Crippen LogP contribution is -2.38. The van der Waals surface area contributed by atoms with Crippen molar-refractivity contribution in [3.05, 3.63) is 40.8 Å². The summed E-state index contributed by atoms with van der Waals surface area (Å²) in [5.41, 5.74) is 4.00. The van der Waals surface area contributed by atoms with Crippen LogP contribution in [0.4, 0.5) is 0 Å². The highest BCUT2D eigenvalue weighted by Crippen LogP contribution is 2.25. The van der Waals surface area contributed by atoms with Gasteiger partial charge in [0.15, 0.2) is 0 Å². The van der Waals surface area contributed by atoms with Crippen molar-refractivity contribution in [2.45, 2.75) is 33.2 Å². The molecule has 1 aliphatic heterocycles. The van der Waals surface area contributed by atoms with E-state index in [-0.39, 0.29) is 5.91 Å². The van der Waals surface area contributed by atoms with Gasteiger partial charge in [-0.05, 0) is 57.3 Å². The number of hydrogen-bond acceptors (Lipinski definition) is 5. The van der Waals surface area contributed by atoms with E-state index in [9.17, 15) is 4.79 Å². The van der Waals surface area contributed by atoms with Crippen LogP contribution in [0.2, 0.25) is 0 Å². The van der Waals surface area contributed by atoms with Crippen molar-refractivity contribution in [2.75, 3.05) is 26.7 Å². The van der Waals surface area contributed by atoms with Crippen LogP contribution in [-0.2, 0) is 13.6 Å². The monoisotopic (exact) mass is 371 g/mol. The van der Waals surface area contributed by atoms with E-state index in [4.69, 9.17) is 4.74 Å². The summed E-state index contributed by atoms with van der Waals surface area (Å²) >= 11 is 0. The molecule has 2 aromatic rings. The number of hydrogen-bond donors (Lipinski definition) is 1. The molecule has 0 atom stereocenters. The zero-order valence-corrected chi connectivity index (χ0v) is 16.7. The van der Waals surface area contributed by atoms with Gasteiger partial charge in [-0.25, -0.2) is 4.98 Å². The van der Waals surface area contributed by atoms with Crippen LogP contribution in [0, 0.1) is 19.8 Å². The highest BCUT2D eigenvalue weighted by molar-refractivity contribution is 5.93. The van der Waals surface area contributed by atoms with Crippen molar-refractivity contribution in [2.24, 2.45) is 13.0 Å². The number of amides is 1. The van der Waals surface area contributed by atoms with Crippen LogP contribution in [0.15, 0.2) is 18.5 Å². The lowest BCUT2D eigenvalue weighted by atomic mass is 9.96. The van der Waals surface area contributed by atoms with E-state index in [2.05, 4.69) is 33.3 Å². The number of ether oxygens (including phenoxy) is 1. The molecule has 146 valence electrons. The normalized spacial score (nSPS) is 15.7. The predicted molar refractivity (Wildman–Crippen MR) is 104 cm³/mol.